The summed E-state index contributed by atoms with van der Waals surface area (Å²) < 4.78 is 15.3. The van der Waals surface area contributed by atoms with Gasteiger partial charge in [0.2, 0.25) is 0 Å². The molecule has 1 atom stereocenters. The molecule has 0 aliphatic carbocycles. The van der Waals surface area contributed by atoms with Gasteiger partial charge in [0, 0.05) is 18.8 Å². The zero-order valence-corrected chi connectivity index (χ0v) is 14.6. The summed E-state index contributed by atoms with van der Waals surface area (Å²) in [4.78, 5) is 12.5. The van der Waals surface area contributed by atoms with Crippen LogP contribution in [0.25, 0.3) is 0 Å². The van der Waals surface area contributed by atoms with E-state index in [1.165, 1.54) is 12.1 Å². The van der Waals surface area contributed by atoms with Gasteiger partial charge < -0.3 is 16.0 Å². The van der Waals surface area contributed by atoms with Gasteiger partial charge in [0.25, 0.3) is 5.91 Å². The molecule has 0 radical (unpaired) electrons. The first kappa shape index (κ1) is 17.4. The lowest BCUT2D eigenvalue weighted by Gasteiger charge is -2.22. The van der Waals surface area contributed by atoms with Crippen molar-refractivity contribution in [3.8, 4) is 0 Å². The van der Waals surface area contributed by atoms with Crippen molar-refractivity contribution in [2.45, 2.75) is 38.8 Å². The molecule has 1 amide bonds. The quantitative estimate of drug-likeness (QED) is 0.779. The summed E-state index contributed by atoms with van der Waals surface area (Å²) >= 11 is 0. The average molecular weight is 345 g/mol. The van der Waals surface area contributed by atoms with Crippen LogP contribution in [0.5, 0.6) is 0 Å². The number of carbonyl (C=O) groups is 1. The van der Waals surface area contributed by atoms with Crippen molar-refractivity contribution < 1.29 is 9.18 Å². The maximum atomic E-state index is 13.5. The molecule has 1 aliphatic heterocycles. The smallest absolute Gasteiger partial charge is 0.276 e. The first-order valence-corrected chi connectivity index (χ1v) is 8.66. The van der Waals surface area contributed by atoms with E-state index in [1.54, 1.807) is 12.1 Å². The van der Waals surface area contributed by atoms with Crippen molar-refractivity contribution in [3.05, 3.63) is 42.0 Å². The van der Waals surface area contributed by atoms with Gasteiger partial charge >= 0.3 is 0 Å². The Bertz CT molecular complexity index is 737. The standard InChI is InChI=1S/C18H24FN5O/c1-12(2)21-17-10-13(19)5-6-15(17)22-18(25)16-7-9-24(23-16)14-4-3-8-20-11-14/h5-7,9-10,12,14,20-21H,3-4,8,11H2,1-2H3,(H,22,25). The Morgan fingerprint density at radius 1 is 1.36 bits per heavy atom. The lowest BCUT2D eigenvalue weighted by molar-refractivity contribution is 0.102. The molecule has 1 aromatic carbocycles. The second-order valence-electron chi connectivity index (χ2n) is 6.62. The largest absolute Gasteiger partial charge is 0.381 e. The fraction of sp³-hybridized carbons (Fsp3) is 0.444. The molecule has 0 spiro atoms. The van der Waals surface area contributed by atoms with E-state index in [0.717, 1.165) is 25.9 Å². The van der Waals surface area contributed by atoms with Gasteiger partial charge in [-0.1, -0.05) is 0 Å². The molecule has 2 heterocycles. The molecule has 0 saturated carbocycles. The highest BCUT2D eigenvalue weighted by Gasteiger charge is 2.18. The SMILES string of the molecule is CC(C)Nc1cc(F)ccc1NC(=O)c1ccn(C2CCCNC2)n1. The molecule has 134 valence electrons. The summed E-state index contributed by atoms with van der Waals surface area (Å²) in [6, 6.07) is 6.37. The first-order valence-electron chi connectivity index (χ1n) is 8.66. The topological polar surface area (TPSA) is 71.0 Å². The van der Waals surface area contributed by atoms with Gasteiger partial charge in [-0.3, -0.25) is 9.48 Å². The van der Waals surface area contributed by atoms with Crippen LogP contribution in [0.2, 0.25) is 0 Å². The van der Waals surface area contributed by atoms with E-state index in [9.17, 15) is 9.18 Å². The van der Waals surface area contributed by atoms with Crippen molar-refractivity contribution in [1.82, 2.24) is 15.1 Å². The number of halogens is 1. The average Bonchev–Trinajstić information content (AvgIpc) is 3.08. The number of amides is 1. The van der Waals surface area contributed by atoms with Crippen LogP contribution in [0.3, 0.4) is 0 Å². The number of hydrogen-bond donors (Lipinski definition) is 3. The Morgan fingerprint density at radius 3 is 2.92 bits per heavy atom. The van der Waals surface area contributed by atoms with Crippen LogP contribution in [-0.4, -0.2) is 34.8 Å². The summed E-state index contributed by atoms with van der Waals surface area (Å²) in [7, 11) is 0. The Balaban J connectivity index is 1.73. The maximum Gasteiger partial charge on any atom is 0.276 e. The third kappa shape index (κ3) is 4.36. The lowest BCUT2D eigenvalue weighted by atomic mass is 10.1. The molecule has 3 rings (SSSR count). The highest BCUT2D eigenvalue weighted by molar-refractivity contribution is 6.04. The summed E-state index contributed by atoms with van der Waals surface area (Å²) in [5.74, 6) is -0.656. The van der Waals surface area contributed by atoms with E-state index < -0.39 is 0 Å². The number of piperidine rings is 1. The number of rotatable bonds is 5. The van der Waals surface area contributed by atoms with Gasteiger partial charge in [-0.15, -0.1) is 0 Å². The van der Waals surface area contributed by atoms with E-state index >= 15 is 0 Å². The van der Waals surface area contributed by atoms with Crippen LogP contribution < -0.4 is 16.0 Å². The Labute approximate surface area is 146 Å². The zero-order valence-electron chi connectivity index (χ0n) is 14.6. The van der Waals surface area contributed by atoms with Gasteiger partial charge in [-0.05, 0) is 57.5 Å². The summed E-state index contributed by atoms with van der Waals surface area (Å²) in [5.41, 5.74) is 1.44. The van der Waals surface area contributed by atoms with Gasteiger partial charge in [-0.2, -0.15) is 5.10 Å². The van der Waals surface area contributed by atoms with Gasteiger partial charge in [0.1, 0.15) is 5.82 Å². The van der Waals surface area contributed by atoms with Crippen LogP contribution in [0, 0.1) is 5.82 Å². The molecule has 1 unspecified atom stereocenters. The van der Waals surface area contributed by atoms with Gasteiger partial charge in [-0.25, -0.2) is 4.39 Å². The number of carbonyl (C=O) groups excluding carboxylic acids is 1. The minimum atomic E-state index is -0.352. The fourth-order valence-corrected chi connectivity index (χ4v) is 2.96. The van der Waals surface area contributed by atoms with Crippen LogP contribution in [-0.2, 0) is 0 Å². The molecular formula is C18H24FN5O. The van der Waals surface area contributed by atoms with Crippen molar-refractivity contribution >= 4 is 17.3 Å². The van der Waals surface area contributed by atoms with Crippen LogP contribution in [0.1, 0.15) is 43.2 Å². The summed E-state index contributed by atoms with van der Waals surface area (Å²) in [5, 5.41) is 13.7. The predicted octanol–water partition coefficient (Wildman–Crippen LogP) is 3.02. The Kier molecular flexibility index (Phi) is 5.33. The number of benzene rings is 1. The zero-order chi connectivity index (χ0) is 17.8. The highest BCUT2D eigenvalue weighted by Crippen LogP contribution is 2.24. The monoisotopic (exact) mass is 345 g/mol. The third-order valence-corrected chi connectivity index (χ3v) is 4.16. The highest BCUT2D eigenvalue weighted by atomic mass is 19.1. The minimum Gasteiger partial charge on any atom is -0.381 e. The number of hydrogen-bond acceptors (Lipinski definition) is 4. The second-order valence-corrected chi connectivity index (χ2v) is 6.62. The van der Waals surface area contributed by atoms with E-state index in [-0.39, 0.29) is 23.8 Å². The van der Waals surface area contributed by atoms with E-state index in [0.29, 0.717) is 17.1 Å². The number of nitrogens with one attached hydrogen (secondary N) is 3. The molecule has 1 saturated heterocycles. The summed E-state index contributed by atoms with van der Waals surface area (Å²) in [6.45, 7) is 5.80. The molecule has 6 nitrogen and oxygen atoms in total. The minimum absolute atomic E-state index is 0.121. The third-order valence-electron chi connectivity index (χ3n) is 4.16. The molecule has 7 heteroatoms. The number of anilines is 2. The molecule has 3 N–H and O–H groups in total. The van der Waals surface area contributed by atoms with Crippen LogP contribution in [0.4, 0.5) is 15.8 Å². The molecule has 0 bridgehead atoms. The molecule has 25 heavy (non-hydrogen) atoms. The van der Waals surface area contributed by atoms with Crippen molar-refractivity contribution in [1.29, 1.82) is 0 Å². The second kappa shape index (κ2) is 7.65. The Morgan fingerprint density at radius 2 is 2.20 bits per heavy atom. The van der Waals surface area contributed by atoms with Crippen molar-refractivity contribution in [2.75, 3.05) is 23.7 Å². The molecule has 1 aliphatic rings. The van der Waals surface area contributed by atoms with Crippen molar-refractivity contribution in [2.24, 2.45) is 0 Å². The Hall–Kier alpha value is -2.41. The summed E-state index contributed by atoms with van der Waals surface area (Å²) in [6.07, 6.45) is 3.99. The van der Waals surface area contributed by atoms with Crippen molar-refractivity contribution in [3.63, 3.8) is 0 Å². The normalized spacial score (nSPS) is 17.5. The van der Waals surface area contributed by atoms with Gasteiger partial charge in [0.15, 0.2) is 5.69 Å². The lowest BCUT2D eigenvalue weighted by Crippen LogP contribution is -2.32. The van der Waals surface area contributed by atoms with Crippen LogP contribution in [0.15, 0.2) is 30.5 Å². The molecule has 1 fully saturated rings. The number of aromatic nitrogens is 2. The molecule has 2 aromatic rings. The van der Waals surface area contributed by atoms with Crippen LogP contribution >= 0.6 is 0 Å². The molecular weight excluding hydrogens is 321 g/mol. The maximum absolute atomic E-state index is 13.5. The van der Waals surface area contributed by atoms with Gasteiger partial charge in [0.05, 0.1) is 17.4 Å². The van der Waals surface area contributed by atoms with E-state index in [1.807, 2.05) is 24.7 Å². The predicted molar refractivity (Wildman–Crippen MR) is 96.5 cm³/mol. The first-order chi connectivity index (χ1) is 12.0. The molecule has 1 aromatic heterocycles. The fourth-order valence-electron chi connectivity index (χ4n) is 2.96. The number of nitrogens with zero attached hydrogens (tertiary/aromatic N) is 2. The van der Waals surface area contributed by atoms with E-state index in [2.05, 4.69) is 21.0 Å². The van der Waals surface area contributed by atoms with E-state index in [4.69, 9.17) is 0 Å².